The number of ether oxygens (including phenoxy) is 1. The van der Waals surface area contributed by atoms with Gasteiger partial charge in [-0.15, -0.1) is 0 Å². The highest BCUT2D eigenvalue weighted by molar-refractivity contribution is 7.99. The third-order valence-electron chi connectivity index (χ3n) is 2.88. The number of nitrogens with two attached hydrogens (primary N) is 1. The summed E-state index contributed by atoms with van der Waals surface area (Å²) in [5.74, 6) is 0.493. The molecule has 0 spiro atoms. The van der Waals surface area contributed by atoms with Gasteiger partial charge in [-0.1, -0.05) is 44.2 Å². The lowest BCUT2D eigenvalue weighted by molar-refractivity contribution is -0.150. The molecule has 0 heterocycles. The number of hydrogen-bond acceptors (Lipinski definition) is 4. The average Bonchev–Trinajstić information content (AvgIpc) is 2.39. The van der Waals surface area contributed by atoms with Gasteiger partial charge in [-0.25, -0.2) is 4.79 Å². The zero-order valence-corrected chi connectivity index (χ0v) is 12.7. The largest absolute Gasteiger partial charge is 0.464 e. The minimum absolute atomic E-state index is 0.342. The summed E-state index contributed by atoms with van der Waals surface area (Å²) in [6, 6.07) is 9.48. The van der Waals surface area contributed by atoms with Crippen molar-refractivity contribution < 1.29 is 9.53 Å². The van der Waals surface area contributed by atoms with E-state index in [4.69, 9.17) is 10.5 Å². The van der Waals surface area contributed by atoms with E-state index in [0.717, 1.165) is 11.3 Å². The van der Waals surface area contributed by atoms with Crippen molar-refractivity contribution in [2.75, 3.05) is 12.4 Å². The van der Waals surface area contributed by atoms with Crippen LogP contribution in [-0.2, 0) is 15.1 Å². The van der Waals surface area contributed by atoms with Gasteiger partial charge in [0.2, 0.25) is 0 Å². The Labute approximate surface area is 119 Å². The zero-order valence-electron chi connectivity index (χ0n) is 11.9. The van der Waals surface area contributed by atoms with Gasteiger partial charge < -0.3 is 10.5 Å². The monoisotopic (exact) mass is 281 g/mol. The van der Waals surface area contributed by atoms with Crippen molar-refractivity contribution in [2.45, 2.75) is 38.0 Å². The Morgan fingerprint density at radius 1 is 1.37 bits per heavy atom. The SMILES string of the molecule is CCOC(=O)C(N)(CCSC(C)C)c1ccccc1. The van der Waals surface area contributed by atoms with E-state index in [9.17, 15) is 4.79 Å². The van der Waals surface area contributed by atoms with Crippen molar-refractivity contribution in [3.05, 3.63) is 35.9 Å². The van der Waals surface area contributed by atoms with Crippen molar-refractivity contribution in [1.29, 1.82) is 0 Å². The Morgan fingerprint density at radius 2 is 2.00 bits per heavy atom. The number of rotatable bonds is 7. The maximum atomic E-state index is 12.2. The van der Waals surface area contributed by atoms with Gasteiger partial charge in [-0.2, -0.15) is 11.8 Å². The van der Waals surface area contributed by atoms with Crippen LogP contribution in [-0.4, -0.2) is 23.6 Å². The standard InChI is InChI=1S/C15H23NO2S/c1-4-18-14(17)15(16,10-11-19-12(2)3)13-8-6-5-7-9-13/h5-9,12H,4,10-11,16H2,1-3H3. The number of benzene rings is 1. The van der Waals surface area contributed by atoms with Gasteiger partial charge in [0.1, 0.15) is 5.54 Å². The van der Waals surface area contributed by atoms with Gasteiger partial charge in [-0.05, 0) is 29.9 Å². The highest BCUT2D eigenvalue weighted by Gasteiger charge is 2.37. The lowest BCUT2D eigenvalue weighted by atomic mass is 9.88. The molecule has 2 N–H and O–H groups in total. The van der Waals surface area contributed by atoms with Crippen molar-refractivity contribution >= 4 is 17.7 Å². The third kappa shape index (κ3) is 4.55. The van der Waals surface area contributed by atoms with E-state index in [0.29, 0.717) is 18.3 Å². The van der Waals surface area contributed by atoms with E-state index >= 15 is 0 Å². The maximum absolute atomic E-state index is 12.2. The molecule has 1 unspecified atom stereocenters. The zero-order chi connectivity index (χ0) is 14.3. The van der Waals surface area contributed by atoms with Crippen molar-refractivity contribution in [3.63, 3.8) is 0 Å². The Hall–Kier alpha value is -1.00. The molecule has 1 rings (SSSR count). The molecule has 0 radical (unpaired) electrons. The lowest BCUT2D eigenvalue weighted by Gasteiger charge is -2.27. The summed E-state index contributed by atoms with van der Waals surface area (Å²) in [4.78, 5) is 12.2. The molecule has 19 heavy (non-hydrogen) atoms. The van der Waals surface area contributed by atoms with E-state index in [-0.39, 0.29) is 5.97 Å². The van der Waals surface area contributed by atoms with E-state index in [1.807, 2.05) is 30.3 Å². The molecule has 0 aromatic heterocycles. The molecule has 4 heteroatoms. The lowest BCUT2D eigenvalue weighted by Crippen LogP contribution is -2.46. The first-order chi connectivity index (χ1) is 9.00. The van der Waals surface area contributed by atoms with Crippen LogP contribution in [0.1, 0.15) is 32.8 Å². The average molecular weight is 281 g/mol. The third-order valence-corrected chi connectivity index (χ3v) is 3.98. The van der Waals surface area contributed by atoms with Crippen LogP contribution in [0, 0.1) is 0 Å². The fourth-order valence-electron chi connectivity index (χ4n) is 1.82. The quantitative estimate of drug-likeness (QED) is 0.781. The minimum Gasteiger partial charge on any atom is -0.464 e. The highest BCUT2D eigenvalue weighted by atomic mass is 32.2. The number of carbonyl (C=O) groups excluding carboxylic acids is 1. The van der Waals surface area contributed by atoms with E-state index in [2.05, 4.69) is 13.8 Å². The molecular weight excluding hydrogens is 258 g/mol. The van der Waals surface area contributed by atoms with Gasteiger partial charge in [0.15, 0.2) is 0 Å². The fourth-order valence-corrected chi connectivity index (χ4v) is 2.73. The van der Waals surface area contributed by atoms with Crippen molar-refractivity contribution in [3.8, 4) is 0 Å². The molecular formula is C15H23NO2S. The first kappa shape index (κ1) is 16.1. The molecule has 0 aliphatic carbocycles. The summed E-state index contributed by atoms with van der Waals surface area (Å²) >= 11 is 1.80. The van der Waals surface area contributed by atoms with Gasteiger partial charge in [0, 0.05) is 0 Å². The normalized spacial score (nSPS) is 14.2. The summed E-state index contributed by atoms with van der Waals surface area (Å²) in [7, 11) is 0. The minimum atomic E-state index is -1.04. The summed E-state index contributed by atoms with van der Waals surface area (Å²) in [5.41, 5.74) is 6.12. The smallest absolute Gasteiger partial charge is 0.330 e. The molecule has 0 amide bonds. The molecule has 0 bridgehead atoms. The van der Waals surface area contributed by atoms with E-state index < -0.39 is 5.54 Å². The summed E-state index contributed by atoms with van der Waals surface area (Å²) in [6.07, 6.45) is 0.582. The van der Waals surface area contributed by atoms with Crippen molar-refractivity contribution in [1.82, 2.24) is 0 Å². The summed E-state index contributed by atoms with van der Waals surface area (Å²) in [5, 5.41) is 0.530. The Morgan fingerprint density at radius 3 is 2.53 bits per heavy atom. The predicted octanol–water partition coefficient (Wildman–Crippen LogP) is 2.94. The van der Waals surface area contributed by atoms with Crippen LogP contribution in [0.2, 0.25) is 0 Å². The predicted molar refractivity (Wildman–Crippen MR) is 81.2 cm³/mol. The van der Waals surface area contributed by atoms with Crippen LogP contribution in [0.3, 0.4) is 0 Å². The second kappa shape index (κ2) is 7.56. The van der Waals surface area contributed by atoms with Crippen LogP contribution in [0.15, 0.2) is 30.3 Å². The fraction of sp³-hybridized carbons (Fsp3) is 0.533. The van der Waals surface area contributed by atoms with E-state index in [1.165, 1.54) is 0 Å². The van der Waals surface area contributed by atoms with Gasteiger partial charge >= 0.3 is 5.97 Å². The second-order valence-electron chi connectivity index (χ2n) is 4.73. The van der Waals surface area contributed by atoms with Gasteiger partial charge in [-0.3, -0.25) is 0 Å². The number of thioether (sulfide) groups is 1. The first-order valence-corrected chi connectivity index (χ1v) is 7.68. The Kier molecular flexibility index (Phi) is 6.38. The molecule has 3 nitrogen and oxygen atoms in total. The number of esters is 1. The van der Waals surface area contributed by atoms with Crippen LogP contribution < -0.4 is 5.73 Å². The molecule has 0 fully saturated rings. The number of carbonyl (C=O) groups is 1. The summed E-state index contributed by atoms with van der Waals surface area (Å²) in [6.45, 7) is 6.42. The van der Waals surface area contributed by atoms with Crippen LogP contribution in [0.25, 0.3) is 0 Å². The topological polar surface area (TPSA) is 52.3 Å². The molecule has 0 saturated carbocycles. The molecule has 0 aliphatic rings. The molecule has 106 valence electrons. The van der Waals surface area contributed by atoms with Gasteiger partial charge in [0.25, 0.3) is 0 Å². The molecule has 1 atom stereocenters. The maximum Gasteiger partial charge on any atom is 0.330 e. The Balaban J connectivity index is 2.87. The van der Waals surface area contributed by atoms with Crippen LogP contribution >= 0.6 is 11.8 Å². The Bertz CT molecular complexity index is 394. The van der Waals surface area contributed by atoms with Crippen LogP contribution in [0.5, 0.6) is 0 Å². The molecule has 1 aromatic carbocycles. The van der Waals surface area contributed by atoms with E-state index in [1.54, 1.807) is 18.7 Å². The number of hydrogen-bond donors (Lipinski definition) is 1. The molecule has 0 aliphatic heterocycles. The first-order valence-electron chi connectivity index (χ1n) is 6.64. The highest BCUT2D eigenvalue weighted by Crippen LogP contribution is 2.26. The van der Waals surface area contributed by atoms with Crippen molar-refractivity contribution in [2.24, 2.45) is 5.73 Å². The summed E-state index contributed by atoms with van der Waals surface area (Å²) < 4.78 is 5.15. The van der Waals surface area contributed by atoms with Gasteiger partial charge in [0.05, 0.1) is 6.61 Å². The molecule has 1 aromatic rings. The second-order valence-corrected chi connectivity index (χ2v) is 6.41. The molecule has 0 saturated heterocycles. The van der Waals surface area contributed by atoms with Crippen LogP contribution in [0.4, 0.5) is 0 Å².